The Morgan fingerprint density at radius 3 is 2.32 bits per heavy atom. The zero-order chi connectivity index (χ0) is 41.5. The average molecular weight is 781 g/mol. The van der Waals surface area contributed by atoms with Gasteiger partial charge in [-0.05, 0) is 89.7 Å². The number of imidazole rings is 1. The molecule has 12 atom stereocenters. The van der Waals surface area contributed by atoms with Crippen LogP contribution in [0.15, 0.2) is 24.7 Å². The van der Waals surface area contributed by atoms with Gasteiger partial charge in [0.05, 0.1) is 30.1 Å². The molecule has 3 aliphatic rings. The number of amides is 1. The van der Waals surface area contributed by atoms with Crippen molar-refractivity contribution in [3.63, 3.8) is 0 Å². The van der Waals surface area contributed by atoms with Crippen molar-refractivity contribution in [2.75, 3.05) is 6.54 Å². The summed E-state index contributed by atoms with van der Waals surface area (Å²) in [6.07, 6.45) is 4.18. The minimum atomic E-state index is -1.31. The first-order valence-electron chi connectivity index (χ1n) is 21.1. The number of rotatable bonds is 9. The van der Waals surface area contributed by atoms with Gasteiger partial charge in [0, 0.05) is 42.0 Å². The quantitative estimate of drug-likeness (QED) is 0.181. The Morgan fingerprint density at radius 1 is 0.964 bits per heavy atom. The van der Waals surface area contributed by atoms with E-state index in [1.54, 1.807) is 24.3 Å². The van der Waals surface area contributed by atoms with E-state index in [1.165, 1.54) is 0 Å². The maximum Gasteiger partial charge on any atom is 0.410 e. The van der Waals surface area contributed by atoms with E-state index in [0.717, 1.165) is 11.9 Å². The molecular formula is C44H68N4O8. The number of ketones is 2. The summed E-state index contributed by atoms with van der Waals surface area (Å²) in [6.45, 7) is 26.0. The summed E-state index contributed by atoms with van der Waals surface area (Å²) in [6, 6.07) is 3.18. The molecule has 0 bridgehead atoms. The Kier molecular flexibility index (Phi) is 13.2. The second-order valence-electron chi connectivity index (χ2n) is 18.7. The summed E-state index contributed by atoms with van der Waals surface area (Å²) in [5.41, 5.74) is -0.745. The molecule has 0 N–H and O–H groups in total. The van der Waals surface area contributed by atoms with Crippen LogP contribution in [-0.2, 0) is 38.9 Å². The number of hydrogen-bond donors (Lipinski definition) is 0. The highest BCUT2D eigenvalue weighted by Gasteiger charge is 2.61. The molecule has 5 heterocycles. The number of nitrogens with zero attached hydrogens (tertiary/aromatic N) is 4. The molecule has 2 aromatic heterocycles. The molecule has 2 aromatic rings. The van der Waals surface area contributed by atoms with E-state index in [9.17, 15) is 19.2 Å². The Hall–Kier alpha value is -3.38. The Morgan fingerprint density at radius 2 is 1.66 bits per heavy atom. The second kappa shape index (κ2) is 16.8. The summed E-state index contributed by atoms with van der Waals surface area (Å²) in [7, 11) is 0. The second-order valence-corrected chi connectivity index (χ2v) is 18.7. The number of fused-ring (bicyclic) bond motifs is 2. The highest BCUT2D eigenvalue weighted by Crippen LogP contribution is 2.46. The van der Waals surface area contributed by atoms with Gasteiger partial charge in [0.1, 0.15) is 17.8 Å². The largest absolute Gasteiger partial charge is 0.457 e. The van der Waals surface area contributed by atoms with Gasteiger partial charge in [0.25, 0.3) is 0 Å². The van der Waals surface area contributed by atoms with Crippen LogP contribution in [0.1, 0.15) is 129 Å². The fraction of sp³-hybridized carbons (Fsp3) is 0.773. The molecule has 0 saturated carbocycles. The number of carbonyl (C=O) groups is 4. The van der Waals surface area contributed by atoms with Crippen LogP contribution in [-0.4, -0.2) is 85.9 Å². The summed E-state index contributed by atoms with van der Waals surface area (Å²) in [5, 5.41) is 0. The van der Waals surface area contributed by atoms with E-state index in [2.05, 4.69) is 42.2 Å². The van der Waals surface area contributed by atoms with Crippen LogP contribution in [0.3, 0.4) is 0 Å². The number of ether oxygens (including phenoxy) is 4. The number of cyclic esters (lactones) is 1. The Labute approximate surface area is 334 Å². The van der Waals surface area contributed by atoms with Crippen LogP contribution in [0, 0.1) is 40.9 Å². The van der Waals surface area contributed by atoms with Crippen molar-refractivity contribution < 1.29 is 38.1 Å². The minimum absolute atomic E-state index is 0.00710. The van der Waals surface area contributed by atoms with Crippen molar-refractivity contribution >= 4 is 34.8 Å². The maximum absolute atomic E-state index is 14.8. The van der Waals surface area contributed by atoms with Crippen LogP contribution in [0.5, 0.6) is 0 Å². The van der Waals surface area contributed by atoms with E-state index in [1.807, 2.05) is 67.5 Å². The highest BCUT2D eigenvalue weighted by atomic mass is 16.7. The summed E-state index contributed by atoms with van der Waals surface area (Å²) in [4.78, 5) is 67.9. The third-order valence-electron chi connectivity index (χ3n) is 13.6. The van der Waals surface area contributed by atoms with Crippen LogP contribution >= 0.6 is 0 Å². The molecule has 0 aromatic carbocycles. The standard InChI is InChI=1S/C44H68N4O8/c1-14-33-44(15-2)36(47(41(52)56-44)21-17-19-43(12,13)48-24-46-38-32(48)18-16-20-45-38)29(7)34(49)26(4)23-42(10,11)37(30(8)35(50)31(9)39(51)54-33)55-40-28(6)25(3)22-27(5)53-40/h16,18,20,24-31,33,36-37,40H,14-15,17,19,21-23H2,1-13H3/t25-,26+,27+,28+,29-,30-,31+,33+,36+,37+,40?,44+/m0/s1. The van der Waals surface area contributed by atoms with E-state index < -0.39 is 71.3 Å². The highest BCUT2D eigenvalue weighted by molar-refractivity contribution is 6.00. The van der Waals surface area contributed by atoms with Crippen molar-refractivity contribution in [2.45, 2.75) is 170 Å². The van der Waals surface area contributed by atoms with Gasteiger partial charge in [-0.3, -0.25) is 14.4 Å². The molecule has 0 spiro atoms. The van der Waals surface area contributed by atoms with Crippen molar-refractivity contribution in [2.24, 2.45) is 40.9 Å². The molecule has 0 radical (unpaired) electrons. The lowest BCUT2D eigenvalue weighted by Gasteiger charge is -2.46. The molecule has 3 aliphatic heterocycles. The first kappa shape index (κ1) is 43.7. The van der Waals surface area contributed by atoms with Crippen molar-refractivity contribution in [1.82, 2.24) is 19.4 Å². The topological polar surface area (TPSA) is 139 Å². The normalized spacial score (nSPS) is 36.2. The molecule has 12 nitrogen and oxygen atoms in total. The molecular weight excluding hydrogens is 713 g/mol. The molecule has 3 saturated heterocycles. The van der Waals surface area contributed by atoms with Gasteiger partial charge < -0.3 is 28.4 Å². The van der Waals surface area contributed by atoms with Gasteiger partial charge in [0.2, 0.25) is 0 Å². The fourth-order valence-corrected chi connectivity index (χ4v) is 10.2. The zero-order valence-electron chi connectivity index (χ0n) is 36.2. The van der Waals surface area contributed by atoms with Crippen molar-refractivity contribution in [3.8, 4) is 0 Å². The molecule has 12 heteroatoms. The van der Waals surface area contributed by atoms with Crippen LogP contribution in [0.4, 0.5) is 4.79 Å². The van der Waals surface area contributed by atoms with Crippen LogP contribution < -0.4 is 0 Å². The minimum Gasteiger partial charge on any atom is -0.457 e. The molecule has 0 aliphatic carbocycles. The molecule has 5 rings (SSSR count). The monoisotopic (exact) mass is 781 g/mol. The van der Waals surface area contributed by atoms with Gasteiger partial charge in [0.15, 0.2) is 23.3 Å². The van der Waals surface area contributed by atoms with Gasteiger partial charge in [-0.15, -0.1) is 0 Å². The summed E-state index contributed by atoms with van der Waals surface area (Å²) >= 11 is 0. The molecule has 312 valence electrons. The van der Waals surface area contributed by atoms with Crippen molar-refractivity contribution in [3.05, 3.63) is 24.7 Å². The number of Topliss-reactive ketones (excluding diaryl/α,β-unsaturated/α-hetero) is 2. The third-order valence-corrected chi connectivity index (χ3v) is 13.6. The number of pyridine rings is 1. The predicted molar refractivity (Wildman–Crippen MR) is 213 cm³/mol. The van der Waals surface area contributed by atoms with Crippen LogP contribution in [0.25, 0.3) is 11.2 Å². The maximum atomic E-state index is 14.8. The van der Waals surface area contributed by atoms with Crippen LogP contribution in [0.2, 0.25) is 0 Å². The third kappa shape index (κ3) is 8.29. The Balaban J connectivity index is 1.49. The van der Waals surface area contributed by atoms with E-state index >= 15 is 0 Å². The summed E-state index contributed by atoms with van der Waals surface area (Å²) < 4.78 is 27.9. The number of esters is 1. The Bertz CT molecular complexity index is 1740. The lowest BCUT2D eigenvalue weighted by atomic mass is 9.68. The number of aromatic nitrogens is 3. The smallest absolute Gasteiger partial charge is 0.410 e. The first-order chi connectivity index (χ1) is 26.2. The van der Waals surface area contributed by atoms with Gasteiger partial charge >= 0.3 is 12.1 Å². The SMILES string of the molecule is CC[C@H]1OC(=O)[C@H](C)C(=O)[C@H](C)[C@@H](OC2O[C@H](C)C[C@H](C)[C@H]2C)C(C)(C)C[C@@H](C)C(=O)[C@H](C)[C@H]2N(CCCC(C)(C)n3cnc4ncccc43)C(=O)O[C@]12CC. The fourth-order valence-electron chi connectivity index (χ4n) is 10.2. The lowest BCUT2D eigenvalue weighted by molar-refractivity contribution is -0.267. The number of hydrogen-bond acceptors (Lipinski definition) is 10. The van der Waals surface area contributed by atoms with Gasteiger partial charge in [-0.25, -0.2) is 14.8 Å². The number of carbonyl (C=O) groups excluding carboxylic acids is 4. The first-order valence-corrected chi connectivity index (χ1v) is 21.1. The molecule has 56 heavy (non-hydrogen) atoms. The van der Waals surface area contributed by atoms with Gasteiger partial charge in [-0.2, -0.15) is 0 Å². The van der Waals surface area contributed by atoms with E-state index in [0.29, 0.717) is 50.2 Å². The van der Waals surface area contributed by atoms with Gasteiger partial charge in [-0.1, -0.05) is 62.3 Å². The summed E-state index contributed by atoms with van der Waals surface area (Å²) in [5.74, 6) is -3.46. The lowest BCUT2D eigenvalue weighted by Crippen LogP contribution is -2.59. The molecule has 3 fully saturated rings. The predicted octanol–water partition coefficient (Wildman–Crippen LogP) is 8.14. The molecule has 1 amide bonds. The van der Waals surface area contributed by atoms with E-state index in [-0.39, 0.29) is 29.1 Å². The van der Waals surface area contributed by atoms with Crippen molar-refractivity contribution in [1.29, 1.82) is 0 Å². The average Bonchev–Trinajstić information content (AvgIpc) is 3.71. The molecule has 1 unspecified atom stereocenters. The zero-order valence-corrected chi connectivity index (χ0v) is 36.2. The van der Waals surface area contributed by atoms with E-state index in [4.69, 9.17) is 18.9 Å².